The monoisotopic (exact) mass is 348 g/mol. The van der Waals surface area contributed by atoms with Crippen LogP contribution in [0.3, 0.4) is 0 Å². The van der Waals surface area contributed by atoms with E-state index in [9.17, 15) is 14.4 Å². The van der Waals surface area contributed by atoms with Crippen molar-refractivity contribution in [1.29, 1.82) is 0 Å². The van der Waals surface area contributed by atoms with Gasteiger partial charge in [0, 0.05) is 15.7 Å². The lowest BCUT2D eigenvalue weighted by Gasteiger charge is -2.20. The van der Waals surface area contributed by atoms with E-state index in [0.29, 0.717) is 12.0 Å². The third kappa shape index (κ3) is 6.23. The van der Waals surface area contributed by atoms with E-state index in [2.05, 4.69) is 0 Å². The van der Waals surface area contributed by atoms with E-state index >= 15 is 0 Å². The van der Waals surface area contributed by atoms with Crippen LogP contribution in [0, 0.1) is 11.3 Å². The Morgan fingerprint density at radius 3 is 1.83 bits per heavy atom. The van der Waals surface area contributed by atoms with Crippen molar-refractivity contribution in [2.24, 2.45) is 11.3 Å². The average Bonchev–Trinajstić information content (AvgIpc) is 2.41. The molecule has 1 aromatic rings. The predicted molar refractivity (Wildman–Crippen MR) is 100 cm³/mol. The topological polar surface area (TPSA) is 51.2 Å². The lowest BCUT2D eigenvalue weighted by molar-refractivity contribution is -0.127. The van der Waals surface area contributed by atoms with Gasteiger partial charge in [0.05, 0.1) is 5.92 Å². The molecule has 0 N–H and O–H groups in total. The summed E-state index contributed by atoms with van der Waals surface area (Å²) in [6.45, 7) is 13.0. The Balaban J connectivity index is 2.91. The van der Waals surface area contributed by atoms with Crippen molar-refractivity contribution in [1.82, 2.24) is 0 Å². The van der Waals surface area contributed by atoms with Crippen molar-refractivity contribution in [2.45, 2.75) is 59.6 Å². The molecule has 24 heavy (non-hydrogen) atoms. The quantitative estimate of drug-likeness (QED) is 0.570. The lowest BCUT2D eigenvalue weighted by atomic mass is 9.86. The minimum absolute atomic E-state index is 0.0801. The minimum atomic E-state index is -0.640. The molecule has 1 unspecified atom stereocenters. The van der Waals surface area contributed by atoms with Crippen LogP contribution >= 0.6 is 11.8 Å². The molecule has 0 saturated heterocycles. The van der Waals surface area contributed by atoms with Crippen molar-refractivity contribution in [3.63, 3.8) is 0 Å². The molecule has 0 spiro atoms. The summed E-state index contributed by atoms with van der Waals surface area (Å²) in [5, 5.41) is -0.0927. The summed E-state index contributed by atoms with van der Waals surface area (Å²) in [6, 6.07) is 7.23. The molecule has 0 aliphatic rings. The first-order chi connectivity index (χ1) is 10.8. The molecule has 0 aromatic heterocycles. The molecule has 0 bridgehead atoms. The van der Waals surface area contributed by atoms with E-state index < -0.39 is 11.3 Å². The highest BCUT2D eigenvalue weighted by molar-refractivity contribution is 8.14. The molecule has 0 saturated carbocycles. The normalized spacial score (nSPS) is 13.5. The van der Waals surface area contributed by atoms with Gasteiger partial charge in [0.25, 0.3) is 0 Å². The number of benzene rings is 1. The van der Waals surface area contributed by atoms with Crippen LogP contribution in [0.1, 0.15) is 64.4 Å². The van der Waals surface area contributed by atoms with E-state index in [4.69, 9.17) is 0 Å². The Labute approximate surface area is 149 Å². The summed E-state index contributed by atoms with van der Waals surface area (Å²) in [7, 11) is 0. The molecular formula is C20H28O3S. The van der Waals surface area contributed by atoms with Gasteiger partial charge in [0.1, 0.15) is 5.78 Å². The second-order valence-corrected chi connectivity index (χ2v) is 10.0. The summed E-state index contributed by atoms with van der Waals surface area (Å²) in [6.07, 6.45) is 0.376. The van der Waals surface area contributed by atoms with E-state index in [1.54, 1.807) is 12.1 Å². The Kier molecular flexibility index (Phi) is 6.57. The van der Waals surface area contributed by atoms with Crippen molar-refractivity contribution in [3.05, 3.63) is 35.4 Å². The third-order valence-electron chi connectivity index (χ3n) is 3.52. The minimum Gasteiger partial charge on any atom is -0.299 e. The fourth-order valence-electron chi connectivity index (χ4n) is 2.23. The van der Waals surface area contributed by atoms with Gasteiger partial charge < -0.3 is 0 Å². The van der Waals surface area contributed by atoms with Crippen LogP contribution in [0.2, 0.25) is 0 Å². The zero-order chi connectivity index (χ0) is 18.7. The molecule has 0 fully saturated rings. The molecule has 0 heterocycles. The summed E-state index contributed by atoms with van der Waals surface area (Å²) in [4.78, 5) is 36.6. The molecule has 3 nitrogen and oxygen atoms in total. The van der Waals surface area contributed by atoms with Crippen molar-refractivity contribution < 1.29 is 14.4 Å². The maximum Gasteiger partial charge on any atom is 0.200 e. The van der Waals surface area contributed by atoms with Crippen LogP contribution in [0.5, 0.6) is 0 Å². The predicted octanol–water partition coefficient (Wildman–Crippen LogP) is 4.72. The first-order valence-corrected chi connectivity index (χ1v) is 9.00. The first kappa shape index (κ1) is 20.6. The van der Waals surface area contributed by atoms with Crippen molar-refractivity contribution in [2.75, 3.05) is 0 Å². The second-order valence-electron chi connectivity index (χ2n) is 8.18. The van der Waals surface area contributed by atoms with Gasteiger partial charge in [-0.15, -0.1) is 0 Å². The maximum absolute atomic E-state index is 12.4. The van der Waals surface area contributed by atoms with E-state index in [0.717, 1.165) is 5.56 Å². The molecule has 1 atom stereocenters. The van der Waals surface area contributed by atoms with Gasteiger partial charge in [-0.05, 0) is 18.9 Å². The highest BCUT2D eigenvalue weighted by Gasteiger charge is 2.28. The zero-order valence-electron chi connectivity index (χ0n) is 15.7. The average molecular weight is 349 g/mol. The van der Waals surface area contributed by atoms with Gasteiger partial charge in [-0.25, -0.2) is 0 Å². The number of hydrogen-bond donors (Lipinski definition) is 0. The van der Waals surface area contributed by atoms with E-state index in [1.165, 1.54) is 18.7 Å². The fraction of sp³-hybridized carbons (Fsp3) is 0.550. The van der Waals surface area contributed by atoms with Gasteiger partial charge in [-0.2, -0.15) is 0 Å². The molecule has 0 aliphatic heterocycles. The Morgan fingerprint density at radius 2 is 1.46 bits per heavy atom. The SMILES string of the molecule is CC(=O)C(Cc1ccc(C(=O)C(C)(C)C)cc1)C(=O)SC(C)(C)C. The fourth-order valence-corrected chi connectivity index (χ4v) is 3.22. The number of Topliss-reactive ketones (excluding diaryl/α,β-unsaturated/α-hetero) is 2. The molecule has 1 rings (SSSR count). The molecule has 0 aliphatic carbocycles. The van der Waals surface area contributed by atoms with Crippen molar-refractivity contribution >= 4 is 28.4 Å². The second kappa shape index (κ2) is 7.64. The van der Waals surface area contributed by atoms with E-state index in [1.807, 2.05) is 53.7 Å². The number of ketones is 2. The van der Waals surface area contributed by atoms with Crippen LogP contribution in [0.15, 0.2) is 24.3 Å². The number of thioether (sulfide) groups is 1. The molecule has 4 heteroatoms. The highest BCUT2D eigenvalue weighted by atomic mass is 32.2. The highest BCUT2D eigenvalue weighted by Crippen LogP contribution is 2.29. The summed E-state index contributed by atoms with van der Waals surface area (Å²) in [5.41, 5.74) is 1.12. The maximum atomic E-state index is 12.4. The van der Waals surface area contributed by atoms with Crippen LogP contribution in [-0.4, -0.2) is 21.4 Å². The smallest absolute Gasteiger partial charge is 0.200 e. The summed E-state index contributed by atoms with van der Waals surface area (Å²) < 4.78 is -0.215. The number of carbonyl (C=O) groups is 3. The van der Waals surface area contributed by atoms with Crippen molar-refractivity contribution in [3.8, 4) is 0 Å². The Bertz CT molecular complexity index is 616. The molecule has 132 valence electrons. The standard InChI is InChI=1S/C20H28O3S/c1-13(21)16(18(23)24-20(5,6)7)12-14-8-10-15(11-9-14)17(22)19(2,3)4/h8-11,16H,12H2,1-7H3. The van der Waals surface area contributed by atoms with Gasteiger partial charge in [-0.1, -0.05) is 77.6 Å². The summed E-state index contributed by atoms with van der Waals surface area (Å²) >= 11 is 1.21. The number of rotatable bonds is 5. The largest absolute Gasteiger partial charge is 0.299 e. The molecule has 0 amide bonds. The summed E-state index contributed by atoms with van der Waals surface area (Å²) in [5.74, 6) is -0.679. The van der Waals surface area contributed by atoms with Gasteiger partial charge in [0.2, 0.25) is 0 Å². The van der Waals surface area contributed by atoms with Gasteiger partial charge in [0.15, 0.2) is 10.9 Å². The van der Waals surface area contributed by atoms with Crippen LogP contribution in [0.4, 0.5) is 0 Å². The van der Waals surface area contributed by atoms with Crippen LogP contribution in [0.25, 0.3) is 0 Å². The van der Waals surface area contributed by atoms with Gasteiger partial charge >= 0.3 is 0 Å². The van der Waals surface area contributed by atoms with Crippen LogP contribution in [-0.2, 0) is 16.0 Å². The third-order valence-corrected chi connectivity index (χ3v) is 4.62. The molecule has 1 aromatic carbocycles. The Morgan fingerprint density at radius 1 is 0.958 bits per heavy atom. The van der Waals surface area contributed by atoms with E-state index in [-0.39, 0.29) is 21.4 Å². The van der Waals surface area contributed by atoms with Crippen LogP contribution < -0.4 is 0 Å². The molecule has 0 radical (unpaired) electrons. The van der Waals surface area contributed by atoms with Gasteiger partial charge in [-0.3, -0.25) is 14.4 Å². The number of carbonyl (C=O) groups excluding carboxylic acids is 3. The zero-order valence-corrected chi connectivity index (χ0v) is 16.5. The lowest BCUT2D eigenvalue weighted by Crippen LogP contribution is -2.26. The number of hydrogen-bond acceptors (Lipinski definition) is 4. The Hall–Kier alpha value is -1.42. The molecular weight excluding hydrogens is 320 g/mol. The first-order valence-electron chi connectivity index (χ1n) is 8.18.